The molecule has 0 atom stereocenters. The van der Waals surface area contributed by atoms with Crippen LogP contribution < -0.4 is 24.4 Å². The minimum Gasteiger partial charge on any atom is -0.490 e. The maximum atomic E-state index is 12.3. The lowest BCUT2D eigenvalue weighted by Gasteiger charge is -2.26. The number of nitrogens with one attached hydrogen (secondary N) is 1. The van der Waals surface area contributed by atoms with Gasteiger partial charge in [0.1, 0.15) is 6.61 Å². The van der Waals surface area contributed by atoms with Crippen LogP contribution in [0.5, 0.6) is 23.0 Å². The van der Waals surface area contributed by atoms with Gasteiger partial charge in [0.25, 0.3) is 5.91 Å². The molecule has 1 saturated heterocycles. The van der Waals surface area contributed by atoms with Gasteiger partial charge in [0.05, 0.1) is 26.0 Å². The minimum absolute atomic E-state index is 0.160. The molecule has 0 spiro atoms. The molecule has 9 nitrogen and oxygen atoms in total. The third kappa shape index (κ3) is 5.68. The zero-order valence-corrected chi connectivity index (χ0v) is 18.0. The van der Waals surface area contributed by atoms with Crippen LogP contribution >= 0.6 is 0 Å². The van der Waals surface area contributed by atoms with Gasteiger partial charge < -0.3 is 23.7 Å². The third-order valence-electron chi connectivity index (χ3n) is 5.05. The smallest absolute Gasteiger partial charge is 0.271 e. The van der Waals surface area contributed by atoms with E-state index in [-0.39, 0.29) is 12.7 Å². The zero-order chi connectivity index (χ0) is 22.2. The molecule has 1 fully saturated rings. The molecule has 0 radical (unpaired) electrons. The molecule has 0 bridgehead atoms. The molecule has 1 amide bonds. The summed E-state index contributed by atoms with van der Waals surface area (Å²) < 4.78 is 27.6. The molecule has 32 heavy (non-hydrogen) atoms. The van der Waals surface area contributed by atoms with Gasteiger partial charge in [-0.15, -0.1) is 0 Å². The number of morpholine rings is 1. The quantitative estimate of drug-likeness (QED) is 0.472. The van der Waals surface area contributed by atoms with E-state index in [1.807, 2.05) is 25.1 Å². The molecule has 2 aromatic carbocycles. The van der Waals surface area contributed by atoms with Crippen molar-refractivity contribution in [3.63, 3.8) is 0 Å². The van der Waals surface area contributed by atoms with Gasteiger partial charge in [-0.3, -0.25) is 9.69 Å². The van der Waals surface area contributed by atoms with Crippen LogP contribution in [-0.4, -0.2) is 69.9 Å². The van der Waals surface area contributed by atoms with Crippen molar-refractivity contribution in [2.75, 3.05) is 52.9 Å². The number of rotatable bonds is 9. The lowest BCUT2D eigenvalue weighted by atomic mass is 10.2. The Balaban J connectivity index is 1.33. The van der Waals surface area contributed by atoms with Crippen LogP contribution in [0.15, 0.2) is 41.5 Å². The molecule has 2 heterocycles. The van der Waals surface area contributed by atoms with E-state index in [9.17, 15) is 4.79 Å². The minimum atomic E-state index is -0.340. The van der Waals surface area contributed by atoms with Gasteiger partial charge in [-0.05, 0) is 48.9 Å². The van der Waals surface area contributed by atoms with E-state index in [0.717, 1.165) is 38.4 Å². The van der Waals surface area contributed by atoms with Crippen LogP contribution in [0.25, 0.3) is 0 Å². The highest BCUT2D eigenvalue weighted by molar-refractivity contribution is 5.95. The van der Waals surface area contributed by atoms with Gasteiger partial charge in [-0.25, -0.2) is 5.43 Å². The number of amides is 1. The summed E-state index contributed by atoms with van der Waals surface area (Å²) in [6.45, 7) is 7.39. The van der Waals surface area contributed by atoms with E-state index in [0.29, 0.717) is 41.8 Å². The molecule has 170 valence electrons. The Morgan fingerprint density at radius 3 is 2.78 bits per heavy atom. The number of carbonyl (C=O) groups is 1. The Kier molecular flexibility index (Phi) is 7.42. The Labute approximate surface area is 186 Å². The Morgan fingerprint density at radius 2 is 1.94 bits per heavy atom. The molecule has 0 aromatic heterocycles. The standard InChI is InChI=1S/C23H27N3O6/c1-2-29-21-13-17(3-5-19(21)30-12-9-26-7-10-28-11-8-26)15-24-25-23(27)18-4-6-20-22(14-18)32-16-31-20/h3-6,13-15H,2,7-12,16H2,1H3,(H,25,27). The van der Waals surface area contributed by atoms with Crippen molar-refractivity contribution in [3.05, 3.63) is 47.5 Å². The number of carbonyl (C=O) groups excluding carboxylic acids is 1. The molecule has 2 aliphatic rings. The highest BCUT2D eigenvalue weighted by Crippen LogP contribution is 2.32. The second-order valence-corrected chi connectivity index (χ2v) is 7.21. The summed E-state index contributed by atoms with van der Waals surface area (Å²) in [5.41, 5.74) is 3.73. The van der Waals surface area contributed by atoms with E-state index < -0.39 is 0 Å². The van der Waals surface area contributed by atoms with E-state index >= 15 is 0 Å². The third-order valence-corrected chi connectivity index (χ3v) is 5.05. The molecule has 4 rings (SSSR count). The molecule has 0 unspecified atom stereocenters. The topological polar surface area (TPSA) is 90.9 Å². The highest BCUT2D eigenvalue weighted by atomic mass is 16.7. The van der Waals surface area contributed by atoms with Crippen molar-refractivity contribution in [2.45, 2.75) is 6.92 Å². The fourth-order valence-electron chi connectivity index (χ4n) is 3.37. The second kappa shape index (κ2) is 10.8. The van der Waals surface area contributed by atoms with Gasteiger partial charge in [0.15, 0.2) is 23.0 Å². The molecule has 2 aliphatic heterocycles. The van der Waals surface area contributed by atoms with E-state index in [2.05, 4.69) is 15.4 Å². The van der Waals surface area contributed by atoms with E-state index in [1.165, 1.54) is 0 Å². The molecular formula is C23H27N3O6. The Morgan fingerprint density at radius 1 is 1.09 bits per heavy atom. The number of nitrogens with zero attached hydrogens (tertiary/aromatic N) is 2. The molecule has 2 aromatic rings. The molecule has 0 saturated carbocycles. The predicted octanol–water partition coefficient (Wildman–Crippen LogP) is 2.29. The number of hydrazone groups is 1. The summed E-state index contributed by atoms with van der Waals surface area (Å²) in [4.78, 5) is 14.6. The number of fused-ring (bicyclic) bond motifs is 1. The zero-order valence-electron chi connectivity index (χ0n) is 18.0. The highest BCUT2D eigenvalue weighted by Gasteiger charge is 2.16. The van der Waals surface area contributed by atoms with Gasteiger partial charge in [-0.2, -0.15) is 5.10 Å². The first-order valence-corrected chi connectivity index (χ1v) is 10.7. The van der Waals surface area contributed by atoms with Gasteiger partial charge in [0.2, 0.25) is 6.79 Å². The summed E-state index contributed by atoms with van der Waals surface area (Å²) in [5.74, 6) is 2.16. The summed E-state index contributed by atoms with van der Waals surface area (Å²) in [5, 5.41) is 4.05. The largest absolute Gasteiger partial charge is 0.490 e. The first kappa shape index (κ1) is 21.9. The summed E-state index contributed by atoms with van der Waals surface area (Å²) in [7, 11) is 0. The Bertz CT molecular complexity index is 959. The maximum Gasteiger partial charge on any atom is 0.271 e. The molecule has 0 aliphatic carbocycles. The molecule has 1 N–H and O–H groups in total. The van der Waals surface area contributed by atoms with Crippen LogP contribution in [0, 0.1) is 0 Å². The van der Waals surface area contributed by atoms with Gasteiger partial charge in [0, 0.05) is 25.2 Å². The number of ether oxygens (including phenoxy) is 5. The average Bonchev–Trinajstić information content (AvgIpc) is 3.29. The first-order valence-electron chi connectivity index (χ1n) is 10.7. The molecule has 9 heteroatoms. The number of hydrogen-bond acceptors (Lipinski definition) is 8. The monoisotopic (exact) mass is 441 g/mol. The number of hydrogen-bond donors (Lipinski definition) is 1. The van der Waals surface area contributed by atoms with Crippen LogP contribution in [0.1, 0.15) is 22.8 Å². The maximum absolute atomic E-state index is 12.3. The lowest BCUT2D eigenvalue weighted by molar-refractivity contribution is 0.0321. The number of benzene rings is 2. The van der Waals surface area contributed by atoms with Crippen LogP contribution in [-0.2, 0) is 4.74 Å². The van der Waals surface area contributed by atoms with E-state index in [4.69, 9.17) is 23.7 Å². The predicted molar refractivity (Wildman–Crippen MR) is 118 cm³/mol. The van der Waals surface area contributed by atoms with Crippen molar-refractivity contribution in [1.29, 1.82) is 0 Å². The average molecular weight is 441 g/mol. The van der Waals surface area contributed by atoms with Crippen molar-refractivity contribution in [1.82, 2.24) is 10.3 Å². The van der Waals surface area contributed by atoms with Gasteiger partial charge in [-0.1, -0.05) is 0 Å². The van der Waals surface area contributed by atoms with Crippen molar-refractivity contribution in [3.8, 4) is 23.0 Å². The normalized spacial score (nSPS) is 15.7. The summed E-state index contributed by atoms with van der Waals surface area (Å²) in [6.07, 6.45) is 1.56. The SMILES string of the molecule is CCOc1cc(C=NNC(=O)c2ccc3c(c2)OCO3)ccc1OCCN1CCOCC1. The van der Waals surface area contributed by atoms with Gasteiger partial charge >= 0.3 is 0 Å². The second-order valence-electron chi connectivity index (χ2n) is 7.21. The van der Waals surface area contributed by atoms with E-state index in [1.54, 1.807) is 24.4 Å². The van der Waals surface area contributed by atoms with Crippen LogP contribution in [0.4, 0.5) is 0 Å². The van der Waals surface area contributed by atoms with Crippen molar-refractivity contribution in [2.24, 2.45) is 5.10 Å². The fraction of sp³-hybridized carbons (Fsp3) is 0.391. The summed E-state index contributed by atoms with van der Waals surface area (Å²) in [6, 6.07) is 10.5. The summed E-state index contributed by atoms with van der Waals surface area (Å²) >= 11 is 0. The first-order chi connectivity index (χ1) is 15.7. The molecular weight excluding hydrogens is 414 g/mol. The van der Waals surface area contributed by atoms with Crippen molar-refractivity contribution >= 4 is 12.1 Å². The fourth-order valence-corrected chi connectivity index (χ4v) is 3.37. The lowest BCUT2D eigenvalue weighted by Crippen LogP contribution is -2.38. The van der Waals surface area contributed by atoms with Crippen LogP contribution in [0.2, 0.25) is 0 Å². The van der Waals surface area contributed by atoms with Crippen molar-refractivity contribution < 1.29 is 28.5 Å². The Hall–Kier alpha value is -3.30. The van der Waals surface area contributed by atoms with Crippen LogP contribution in [0.3, 0.4) is 0 Å².